The summed E-state index contributed by atoms with van der Waals surface area (Å²) in [6, 6.07) is 0. The summed E-state index contributed by atoms with van der Waals surface area (Å²) in [4.78, 5) is 0. The molecule has 0 aliphatic rings. The Morgan fingerprint density at radius 3 is 1.75 bits per heavy atom. The summed E-state index contributed by atoms with van der Waals surface area (Å²) in [6.45, 7) is 2.21. The van der Waals surface area contributed by atoms with Crippen molar-refractivity contribution in [2.45, 2.75) is 90.3 Å². The third-order valence-electron chi connectivity index (χ3n) is 3.55. The van der Waals surface area contributed by atoms with Gasteiger partial charge >= 0.3 is 0 Å². The maximum absolute atomic E-state index is 5.17. The number of rotatable bonds is 13. The van der Waals surface area contributed by atoms with Crippen molar-refractivity contribution in [2.24, 2.45) is 0 Å². The molecule has 0 spiro atoms. The first-order valence-corrected chi connectivity index (χ1v) is 8.36. The van der Waals surface area contributed by atoms with Gasteiger partial charge in [0.1, 0.15) is 0 Å². The molecule has 2 heteroatoms. The summed E-state index contributed by atoms with van der Waals surface area (Å²) in [5, 5.41) is 0. The fraction of sp³-hybridized carbons (Fsp3) is 0.889. The molecule has 0 aliphatic heterocycles. The van der Waals surface area contributed by atoms with Crippen molar-refractivity contribution in [2.75, 3.05) is 14.2 Å². The van der Waals surface area contributed by atoms with Crippen LogP contribution in [-0.4, -0.2) is 20.5 Å². The van der Waals surface area contributed by atoms with E-state index < -0.39 is 0 Å². The van der Waals surface area contributed by atoms with Gasteiger partial charge in [-0.2, -0.15) is 0 Å². The Kier molecular flexibility index (Phi) is 16.1. The lowest BCUT2D eigenvalue weighted by molar-refractivity contribution is -0.107. The van der Waals surface area contributed by atoms with E-state index in [9.17, 15) is 0 Å². The van der Waals surface area contributed by atoms with Gasteiger partial charge in [0.25, 0.3) is 0 Å². The Labute approximate surface area is 126 Å². The summed E-state index contributed by atoms with van der Waals surface area (Å²) in [5.74, 6) is 6.53. The van der Waals surface area contributed by atoms with E-state index in [1.165, 1.54) is 57.8 Å². The van der Waals surface area contributed by atoms with Crippen molar-refractivity contribution >= 4 is 0 Å². The first kappa shape index (κ1) is 19.5. The first-order chi connectivity index (χ1) is 9.85. The average Bonchev–Trinajstić information content (AvgIpc) is 2.48. The lowest BCUT2D eigenvalue weighted by Crippen LogP contribution is -2.12. The minimum Gasteiger partial charge on any atom is -0.356 e. The smallest absolute Gasteiger partial charge is 0.156 e. The average molecular weight is 282 g/mol. The molecular weight excluding hydrogens is 248 g/mol. The number of hydrogen-bond donors (Lipinski definition) is 0. The molecule has 118 valence electrons. The van der Waals surface area contributed by atoms with E-state index in [2.05, 4.69) is 18.8 Å². The molecule has 0 atom stereocenters. The van der Waals surface area contributed by atoms with Gasteiger partial charge in [-0.1, -0.05) is 45.4 Å². The van der Waals surface area contributed by atoms with E-state index in [0.29, 0.717) is 0 Å². The molecule has 0 aromatic rings. The van der Waals surface area contributed by atoms with Gasteiger partial charge in [0.15, 0.2) is 6.29 Å². The predicted octanol–water partition coefficient (Wildman–Crippen LogP) is 5.31. The van der Waals surface area contributed by atoms with E-state index in [0.717, 1.165) is 19.3 Å². The quantitative estimate of drug-likeness (QED) is 0.259. The molecule has 20 heavy (non-hydrogen) atoms. The molecule has 0 radical (unpaired) electrons. The van der Waals surface area contributed by atoms with Crippen LogP contribution < -0.4 is 0 Å². The minimum absolute atomic E-state index is 0.0127. The van der Waals surface area contributed by atoms with E-state index >= 15 is 0 Å². The highest BCUT2D eigenvalue weighted by Gasteiger charge is 2.03. The van der Waals surface area contributed by atoms with Crippen LogP contribution in [0.5, 0.6) is 0 Å². The molecule has 0 aliphatic carbocycles. The third kappa shape index (κ3) is 13.9. The van der Waals surface area contributed by atoms with Crippen molar-refractivity contribution in [3.05, 3.63) is 0 Å². The summed E-state index contributed by atoms with van der Waals surface area (Å²) >= 11 is 0. The molecule has 0 heterocycles. The Balaban J connectivity index is 3.14. The third-order valence-corrected chi connectivity index (χ3v) is 3.55. The highest BCUT2D eigenvalue weighted by molar-refractivity contribution is 4.98. The van der Waals surface area contributed by atoms with Gasteiger partial charge in [0.2, 0.25) is 0 Å². The monoisotopic (exact) mass is 282 g/mol. The Morgan fingerprint density at radius 2 is 1.20 bits per heavy atom. The lowest BCUT2D eigenvalue weighted by Gasteiger charge is -2.12. The Morgan fingerprint density at radius 1 is 0.700 bits per heavy atom. The molecule has 0 aromatic carbocycles. The van der Waals surface area contributed by atoms with Crippen LogP contribution in [0, 0.1) is 11.8 Å². The predicted molar refractivity (Wildman–Crippen MR) is 86.7 cm³/mol. The van der Waals surface area contributed by atoms with Crippen LogP contribution in [0.15, 0.2) is 0 Å². The largest absolute Gasteiger partial charge is 0.356 e. The molecule has 0 bridgehead atoms. The Hall–Kier alpha value is -0.520. The molecule has 2 nitrogen and oxygen atoms in total. The lowest BCUT2D eigenvalue weighted by atomic mass is 10.1. The number of methoxy groups -OCH3 is 2. The van der Waals surface area contributed by atoms with Gasteiger partial charge < -0.3 is 9.47 Å². The van der Waals surface area contributed by atoms with E-state index in [-0.39, 0.29) is 6.29 Å². The second kappa shape index (κ2) is 16.5. The van der Waals surface area contributed by atoms with Gasteiger partial charge in [0.05, 0.1) is 0 Å². The topological polar surface area (TPSA) is 18.5 Å². The van der Waals surface area contributed by atoms with E-state index in [4.69, 9.17) is 9.47 Å². The maximum atomic E-state index is 5.17. The second-order valence-corrected chi connectivity index (χ2v) is 5.37. The van der Waals surface area contributed by atoms with Crippen LogP contribution >= 0.6 is 0 Å². The van der Waals surface area contributed by atoms with Crippen LogP contribution in [0.1, 0.15) is 84.0 Å². The molecular formula is C18H34O2. The zero-order valence-corrected chi connectivity index (χ0v) is 13.9. The fourth-order valence-corrected chi connectivity index (χ4v) is 2.18. The minimum atomic E-state index is -0.0127. The molecule has 0 aromatic heterocycles. The zero-order chi connectivity index (χ0) is 14.9. The van der Waals surface area contributed by atoms with Crippen LogP contribution in [0.25, 0.3) is 0 Å². The molecule has 0 unspecified atom stereocenters. The highest BCUT2D eigenvalue weighted by Crippen LogP contribution is 2.11. The van der Waals surface area contributed by atoms with Gasteiger partial charge in [0, 0.05) is 27.1 Å². The summed E-state index contributed by atoms with van der Waals surface area (Å²) in [7, 11) is 3.42. The van der Waals surface area contributed by atoms with Crippen LogP contribution in [0.4, 0.5) is 0 Å². The number of hydrogen-bond acceptors (Lipinski definition) is 2. The van der Waals surface area contributed by atoms with Crippen molar-refractivity contribution in [3.8, 4) is 11.8 Å². The van der Waals surface area contributed by atoms with Crippen molar-refractivity contribution in [3.63, 3.8) is 0 Å². The summed E-state index contributed by atoms with van der Waals surface area (Å²) < 4.78 is 10.3. The fourth-order valence-electron chi connectivity index (χ4n) is 2.18. The first-order valence-electron chi connectivity index (χ1n) is 8.36. The highest BCUT2D eigenvalue weighted by atomic mass is 16.7. The molecule has 0 amide bonds. The number of unbranched alkanes of at least 4 members (excludes halogenated alkanes) is 9. The normalized spacial score (nSPS) is 10.6. The molecule has 0 N–H and O–H groups in total. The van der Waals surface area contributed by atoms with Gasteiger partial charge in [-0.25, -0.2) is 0 Å². The van der Waals surface area contributed by atoms with E-state index in [1.807, 2.05) is 0 Å². The van der Waals surface area contributed by atoms with Crippen LogP contribution in [0.2, 0.25) is 0 Å². The zero-order valence-electron chi connectivity index (χ0n) is 13.9. The summed E-state index contributed by atoms with van der Waals surface area (Å²) in [5.41, 5.74) is 0. The molecule has 0 saturated carbocycles. The van der Waals surface area contributed by atoms with Crippen LogP contribution in [-0.2, 0) is 9.47 Å². The van der Waals surface area contributed by atoms with Gasteiger partial charge in [-0.15, -0.1) is 11.8 Å². The Bertz CT molecular complexity index is 236. The molecule has 0 rings (SSSR count). The van der Waals surface area contributed by atoms with Crippen molar-refractivity contribution < 1.29 is 9.47 Å². The number of ether oxygens (including phenoxy) is 2. The standard InChI is InChI=1S/C18H34O2/c1-4-5-6-7-8-9-10-11-12-13-14-15-16-17-18(19-2)20-3/h18H,4-6,9-17H2,1-3H3. The second-order valence-electron chi connectivity index (χ2n) is 5.37. The molecule has 0 fully saturated rings. The molecule has 0 saturated heterocycles. The SMILES string of the molecule is CCCCC#CCCCCCCCCCC(OC)OC. The summed E-state index contributed by atoms with van der Waals surface area (Å²) in [6.07, 6.45) is 14.8. The van der Waals surface area contributed by atoms with Gasteiger partial charge in [-0.05, 0) is 25.7 Å². The van der Waals surface area contributed by atoms with E-state index in [1.54, 1.807) is 14.2 Å². The van der Waals surface area contributed by atoms with Crippen LogP contribution in [0.3, 0.4) is 0 Å². The maximum Gasteiger partial charge on any atom is 0.156 e. The van der Waals surface area contributed by atoms with Crippen molar-refractivity contribution in [1.82, 2.24) is 0 Å². The van der Waals surface area contributed by atoms with Crippen molar-refractivity contribution in [1.29, 1.82) is 0 Å². The van der Waals surface area contributed by atoms with Gasteiger partial charge in [-0.3, -0.25) is 0 Å².